The lowest BCUT2D eigenvalue weighted by molar-refractivity contribution is -0.119. The highest BCUT2D eigenvalue weighted by molar-refractivity contribution is 5.94. The number of carbonyl (C=O) groups excluding carboxylic acids is 2. The summed E-state index contributed by atoms with van der Waals surface area (Å²) in [4.78, 5) is 25.8. The van der Waals surface area contributed by atoms with Crippen molar-refractivity contribution in [2.24, 2.45) is 0 Å². The maximum atomic E-state index is 12.3. The third-order valence-electron chi connectivity index (χ3n) is 3.68. The standard InChI is InChI=1S/C17H25N3O2/c1-13(2)19-16(21)12-18-15-8-6-14(7-9-15)17(22)20-10-4-3-5-11-20/h6-9,13,18H,3-5,10-12H2,1-2H3,(H,19,21). The van der Waals surface area contributed by atoms with Gasteiger partial charge in [-0.15, -0.1) is 0 Å². The van der Waals surface area contributed by atoms with Gasteiger partial charge in [0.2, 0.25) is 5.91 Å². The molecule has 0 unspecified atom stereocenters. The van der Waals surface area contributed by atoms with E-state index in [0.717, 1.165) is 31.6 Å². The Balaban J connectivity index is 1.87. The highest BCUT2D eigenvalue weighted by Gasteiger charge is 2.17. The zero-order valence-corrected chi connectivity index (χ0v) is 13.4. The van der Waals surface area contributed by atoms with Crippen LogP contribution in [-0.4, -0.2) is 42.4 Å². The fourth-order valence-corrected chi connectivity index (χ4v) is 2.57. The van der Waals surface area contributed by atoms with Crippen molar-refractivity contribution >= 4 is 17.5 Å². The van der Waals surface area contributed by atoms with Gasteiger partial charge in [-0.3, -0.25) is 9.59 Å². The number of anilines is 1. The van der Waals surface area contributed by atoms with Crippen molar-refractivity contribution in [3.8, 4) is 0 Å². The van der Waals surface area contributed by atoms with Crippen LogP contribution < -0.4 is 10.6 Å². The van der Waals surface area contributed by atoms with Crippen LogP contribution in [-0.2, 0) is 4.79 Å². The summed E-state index contributed by atoms with van der Waals surface area (Å²) in [7, 11) is 0. The molecule has 0 aromatic heterocycles. The van der Waals surface area contributed by atoms with E-state index in [1.165, 1.54) is 6.42 Å². The predicted molar refractivity (Wildman–Crippen MR) is 88.0 cm³/mol. The highest BCUT2D eigenvalue weighted by atomic mass is 16.2. The summed E-state index contributed by atoms with van der Waals surface area (Å²) in [5.74, 6) is 0.0623. The van der Waals surface area contributed by atoms with Crippen LogP contribution in [0.1, 0.15) is 43.5 Å². The molecule has 1 aliphatic rings. The Labute approximate surface area is 132 Å². The molecule has 2 N–H and O–H groups in total. The summed E-state index contributed by atoms with van der Waals surface area (Å²) in [5.41, 5.74) is 1.55. The summed E-state index contributed by atoms with van der Waals surface area (Å²) < 4.78 is 0. The molecule has 5 heteroatoms. The molecular weight excluding hydrogens is 278 g/mol. The summed E-state index contributed by atoms with van der Waals surface area (Å²) in [6.07, 6.45) is 3.40. The highest BCUT2D eigenvalue weighted by Crippen LogP contribution is 2.15. The van der Waals surface area contributed by atoms with Crippen molar-refractivity contribution in [2.75, 3.05) is 25.0 Å². The number of nitrogens with zero attached hydrogens (tertiary/aromatic N) is 1. The fraction of sp³-hybridized carbons (Fsp3) is 0.529. The molecule has 5 nitrogen and oxygen atoms in total. The van der Waals surface area contributed by atoms with Crippen LogP contribution in [0.5, 0.6) is 0 Å². The first-order valence-corrected chi connectivity index (χ1v) is 7.99. The second-order valence-electron chi connectivity index (χ2n) is 6.01. The van der Waals surface area contributed by atoms with Gasteiger partial charge in [-0.1, -0.05) is 0 Å². The third-order valence-corrected chi connectivity index (χ3v) is 3.68. The van der Waals surface area contributed by atoms with Crippen molar-refractivity contribution in [2.45, 2.75) is 39.2 Å². The van der Waals surface area contributed by atoms with E-state index in [9.17, 15) is 9.59 Å². The topological polar surface area (TPSA) is 61.4 Å². The molecule has 1 aromatic carbocycles. The maximum Gasteiger partial charge on any atom is 0.253 e. The molecule has 1 heterocycles. The lowest BCUT2D eigenvalue weighted by atomic mass is 10.1. The molecule has 120 valence electrons. The van der Waals surface area contributed by atoms with E-state index >= 15 is 0 Å². The lowest BCUT2D eigenvalue weighted by Gasteiger charge is -2.26. The largest absolute Gasteiger partial charge is 0.376 e. The summed E-state index contributed by atoms with van der Waals surface area (Å²) >= 11 is 0. The SMILES string of the molecule is CC(C)NC(=O)CNc1ccc(C(=O)N2CCCCC2)cc1. The molecule has 1 aromatic rings. The molecular formula is C17H25N3O2. The number of amides is 2. The van der Waals surface area contributed by atoms with Crippen LogP contribution >= 0.6 is 0 Å². The molecule has 0 bridgehead atoms. The van der Waals surface area contributed by atoms with E-state index in [0.29, 0.717) is 5.56 Å². The molecule has 0 aliphatic carbocycles. The zero-order chi connectivity index (χ0) is 15.9. The van der Waals surface area contributed by atoms with Gasteiger partial charge in [0.1, 0.15) is 0 Å². The minimum atomic E-state index is -0.0385. The monoisotopic (exact) mass is 303 g/mol. The van der Waals surface area contributed by atoms with Gasteiger partial charge in [-0.05, 0) is 57.4 Å². The molecule has 1 aliphatic heterocycles. The number of nitrogens with one attached hydrogen (secondary N) is 2. The third kappa shape index (κ3) is 4.76. The Bertz CT molecular complexity index is 505. The van der Waals surface area contributed by atoms with Crippen LogP contribution in [0.4, 0.5) is 5.69 Å². The molecule has 1 saturated heterocycles. The average Bonchev–Trinajstić information content (AvgIpc) is 2.53. The van der Waals surface area contributed by atoms with E-state index in [2.05, 4.69) is 10.6 Å². The Morgan fingerprint density at radius 2 is 1.73 bits per heavy atom. The second-order valence-corrected chi connectivity index (χ2v) is 6.01. The number of rotatable bonds is 5. The fourth-order valence-electron chi connectivity index (χ4n) is 2.57. The Kier molecular flexibility index (Phi) is 5.81. The average molecular weight is 303 g/mol. The second kappa shape index (κ2) is 7.82. The first kappa shape index (κ1) is 16.3. The van der Waals surface area contributed by atoms with Gasteiger partial charge in [-0.2, -0.15) is 0 Å². The normalized spacial score (nSPS) is 14.8. The first-order chi connectivity index (χ1) is 10.6. The van der Waals surface area contributed by atoms with Crippen LogP contribution in [0.3, 0.4) is 0 Å². The summed E-state index contributed by atoms with van der Waals surface area (Å²) in [5, 5.41) is 5.88. The smallest absolute Gasteiger partial charge is 0.253 e. The quantitative estimate of drug-likeness (QED) is 0.877. The van der Waals surface area contributed by atoms with Crippen LogP contribution in [0.15, 0.2) is 24.3 Å². The minimum absolute atomic E-state index is 0.0385. The van der Waals surface area contributed by atoms with Crippen molar-refractivity contribution in [3.63, 3.8) is 0 Å². The number of carbonyl (C=O) groups is 2. The van der Waals surface area contributed by atoms with Gasteiger partial charge in [0.15, 0.2) is 0 Å². The van der Waals surface area contributed by atoms with Crippen molar-refractivity contribution < 1.29 is 9.59 Å². The Morgan fingerprint density at radius 3 is 2.32 bits per heavy atom. The Morgan fingerprint density at radius 1 is 1.09 bits per heavy atom. The Hall–Kier alpha value is -2.04. The van der Waals surface area contributed by atoms with Gasteiger partial charge in [0.05, 0.1) is 6.54 Å². The van der Waals surface area contributed by atoms with Gasteiger partial charge < -0.3 is 15.5 Å². The van der Waals surface area contributed by atoms with Crippen LogP contribution in [0.2, 0.25) is 0 Å². The van der Waals surface area contributed by atoms with Gasteiger partial charge in [0.25, 0.3) is 5.91 Å². The molecule has 0 spiro atoms. The van der Waals surface area contributed by atoms with Crippen LogP contribution in [0.25, 0.3) is 0 Å². The van der Waals surface area contributed by atoms with Crippen molar-refractivity contribution in [3.05, 3.63) is 29.8 Å². The van der Waals surface area contributed by atoms with E-state index in [1.54, 1.807) is 0 Å². The van der Waals surface area contributed by atoms with Gasteiger partial charge in [-0.25, -0.2) is 0 Å². The summed E-state index contributed by atoms with van der Waals surface area (Å²) in [6.45, 7) is 5.80. The number of hydrogen-bond acceptors (Lipinski definition) is 3. The molecule has 2 amide bonds. The van der Waals surface area contributed by atoms with E-state index in [1.807, 2.05) is 43.0 Å². The van der Waals surface area contributed by atoms with E-state index < -0.39 is 0 Å². The number of likely N-dealkylation sites (tertiary alicyclic amines) is 1. The number of piperidine rings is 1. The van der Waals surface area contributed by atoms with Crippen molar-refractivity contribution in [1.82, 2.24) is 10.2 Å². The number of benzene rings is 1. The molecule has 0 radical (unpaired) electrons. The van der Waals surface area contributed by atoms with Crippen LogP contribution in [0, 0.1) is 0 Å². The number of hydrogen-bond donors (Lipinski definition) is 2. The predicted octanol–water partition coefficient (Wildman–Crippen LogP) is 2.25. The molecule has 0 saturated carbocycles. The lowest BCUT2D eigenvalue weighted by Crippen LogP contribution is -2.35. The first-order valence-electron chi connectivity index (χ1n) is 7.99. The molecule has 22 heavy (non-hydrogen) atoms. The maximum absolute atomic E-state index is 12.3. The van der Waals surface area contributed by atoms with E-state index in [4.69, 9.17) is 0 Å². The van der Waals surface area contributed by atoms with Gasteiger partial charge in [0, 0.05) is 30.4 Å². The van der Waals surface area contributed by atoms with Gasteiger partial charge >= 0.3 is 0 Å². The molecule has 1 fully saturated rings. The minimum Gasteiger partial charge on any atom is -0.376 e. The molecule has 2 rings (SSSR count). The zero-order valence-electron chi connectivity index (χ0n) is 13.4. The molecule has 0 atom stereocenters. The van der Waals surface area contributed by atoms with Crippen molar-refractivity contribution in [1.29, 1.82) is 0 Å². The summed E-state index contributed by atoms with van der Waals surface area (Å²) in [6, 6.07) is 7.47. The van der Waals surface area contributed by atoms with E-state index in [-0.39, 0.29) is 24.4 Å².